The van der Waals surface area contributed by atoms with Crippen LogP contribution in [0, 0.1) is 0 Å². The maximum absolute atomic E-state index is 12.1. The molecule has 0 spiro atoms. The predicted molar refractivity (Wildman–Crippen MR) is 60.0 cm³/mol. The summed E-state index contributed by atoms with van der Waals surface area (Å²) in [4.78, 5) is 14.5. The van der Waals surface area contributed by atoms with Crippen molar-refractivity contribution in [3.05, 3.63) is 22.8 Å². The quantitative estimate of drug-likeness (QED) is 0.833. The zero-order valence-electron chi connectivity index (χ0n) is 9.25. The lowest BCUT2D eigenvalue weighted by Gasteiger charge is -2.17. The van der Waals surface area contributed by atoms with E-state index >= 15 is 0 Å². The van der Waals surface area contributed by atoms with Crippen LogP contribution in [0.15, 0.2) is 12.1 Å². The Morgan fingerprint density at radius 1 is 1.56 bits per heavy atom. The van der Waals surface area contributed by atoms with Gasteiger partial charge in [-0.1, -0.05) is 11.6 Å². The Balaban J connectivity index is 2.89. The van der Waals surface area contributed by atoms with Gasteiger partial charge in [0, 0.05) is 6.04 Å². The highest BCUT2D eigenvalue weighted by Crippen LogP contribution is 2.24. The lowest BCUT2D eigenvalue weighted by molar-refractivity contribution is -0.136. The van der Waals surface area contributed by atoms with Crippen LogP contribution in [0.1, 0.15) is 23.7 Å². The van der Waals surface area contributed by atoms with Crippen molar-refractivity contribution < 1.29 is 23.1 Å². The molecule has 8 heteroatoms. The first-order valence-corrected chi connectivity index (χ1v) is 5.30. The van der Waals surface area contributed by atoms with Gasteiger partial charge >= 0.3 is 12.1 Å². The van der Waals surface area contributed by atoms with Gasteiger partial charge in [-0.15, -0.1) is 0 Å². The molecule has 0 aliphatic rings. The third kappa shape index (κ3) is 4.40. The fourth-order valence-corrected chi connectivity index (χ4v) is 1.50. The van der Waals surface area contributed by atoms with E-state index in [0.29, 0.717) is 0 Å². The molecular weight excluding hydrogens is 273 g/mol. The smallest absolute Gasteiger partial charge is 0.391 e. The first kappa shape index (κ1) is 14.6. The number of nitrogens with one attached hydrogen (secondary N) is 1. The van der Waals surface area contributed by atoms with E-state index < -0.39 is 24.6 Å². The maximum atomic E-state index is 12.1. The zero-order valence-corrected chi connectivity index (χ0v) is 10.0. The molecule has 1 atom stereocenters. The SMILES string of the molecule is CC(CC(F)(F)F)Nc1nc(Cl)ccc1C(=O)O. The van der Waals surface area contributed by atoms with E-state index in [1.54, 1.807) is 0 Å². The number of hydrogen-bond acceptors (Lipinski definition) is 3. The van der Waals surface area contributed by atoms with Gasteiger partial charge in [-0.2, -0.15) is 13.2 Å². The van der Waals surface area contributed by atoms with Crippen LogP contribution in [0.4, 0.5) is 19.0 Å². The average Bonchev–Trinajstić information content (AvgIpc) is 2.13. The highest BCUT2D eigenvalue weighted by Gasteiger charge is 2.30. The van der Waals surface area contributed by atoms with E-state index in [-0.39, 0.29) is 16.5 Å². The number of rotatable bonds is 4. The Labute approximate surface area is 106 Å². The number of pyridine rings is 1. The summed E-state index contributed by atoms with van der Waals surface area (Å²) < 4.78 is 36.4. The largest absolute Gasteiger partial charge is 0.478 e. The van der Waals surface area contributed by atoms with Gasteiger partial charge < -0.3 is 10.4 Å². The number of carbonyl (C=O) groups is 1. The third-order valence-electron chi connectivity index (χ3n) is 2.01. The van der Waals surface area contributed by atoms with Gasteiger partial charge in [0.25, 0.3) is 0 Å². The molecule has 1 rings (SSSR count). The number of aromatic nitrogens is 1. The van der Waals surface area contributed by atoms with Gasteiger partial charge in [0.2, 0.25) is 0 Å². The summed E-state index contributed by atoms with van der Waals surface area (Å²) in [5.74, 6) is -1.47. The second-order valence-corrected chi connectivity index (χ2v) is 4.09. The number of alkyl halides is 3. The summed E-state index contributed by atoms with van der Waals surface area (Å²) in [6.45, 7) is 1.28. The first-order valence-electron chi connectivity index (χ1n) is 4.92. The molecule has 1 heterocycles. The van der Waals surface area contributed by atoms with Crippen LogP contribution in [0.3, 0.4) is 0 Å². The molecule has 0 aliphatic heterocycles. The van der Waals surface area contributed by atoms with Gasteiger partial charge in [0.1, 0.15) is 16.5 Å². The highest BCUT2D eigenvalue weighted by molar-refractivity contribution is 6.29. The van der Waals surface area contributed by atoms with Gasteiger partial charge in [0.15, 0.2) is 0 Å². The van der Waals surface area contributed by atoms with Crippen LogP contribution in [0.5, 0.6) is 0 Å². The maximum Gasteiger partial charge on any atom is 0.391 e. The van der Waals surface area contributed by atoms with Gasteiger partial charge in [-0.05, 0) is 19.1 Å². The first-order chi connectivity index (χ1) is 8.19. The molecule has 2 N–H and O–H groups in total. The molecular formula is C10H10ClF3N2O2. The Bertz CT molecular complexity index is 451. The summed E-state index contributed by atoms with van der Waals surface area (Å²) in [5.41, 5.74) is -0.228. The molecule has 1 aromatic rings. The molecule has 4 nitrogen and oxygen atoms in total. The summed E-state index contributed by atoms with van der Waals surface area (Å²) in [7, 11) is 0. The Morgan fingerprint density at radius 2 is 2.17 bits per heavy atom. The minimum Gasteiger partial charge on any atom is -0.478 e. The monoisotopic (exact) mass is 282 g/mol. The molecule has 0 fully saturated rings. The second-order valence-electron chi connectivity index (χ2n) is 3.70. The van der Waals surface area contributed by atoms with Crippen LogP contribution in [-0.4, -0.2) is 28.3 Å². The van der Waals surface area contributed by atoms with Gasteiger partial charge in [-0.3, -0.25) is 0 Å². The third-order valence-corrected chi connectivity index (χ3v) is 2.22. The number of anilines is 1. The lowest BCUT2D eigenvalue weighted by Crippen LogP contribution is -2.25. The Kier molecular flexibility index (Phi) is 4.39. The van der Waals surface area contributed by atoms with Crippen LogP contribution in [0.25, 0.3) is 0 Å². The van der Waals surface area contributed by atoms with Crippen LogP contribution >= 0.6 is 11.6 Å². The fraction of sp³-hybridized carbons (Fsp3) is 0.400. The molecule has 0 bridgehead atoms. The van der Waals surface area contributed by atoms with Crippen molar-refractivity contribution in [1.82, 2.24) is 4.98 Å². The second kappa shape index (κ2) is 5.43. The summed E-state index contributed by atoms with van der Waals surface area (Å²) >= 11 is 5.57. The normalized spacial score (nSPS) is 13.2. The highest BCUT2D eigenvalue weighted by atomic mass is 35.5. The summed E-state index contributed by atoms with van der Waals surface area (Å²) in [6.07, 6.45) is -5.44. The Hall–Kier alpha value is -1.50. The van der Waals surface area contributed by atoms with E-state index in [1.807, 2.05) is 0 Å². The lowest BCUT2D eigenvalue weighted by atomic mass is 10.2. The van der Waals surface area contributed by atoms with Crippen molar-refractivity contribution >= 4 is 23.4 Å². The molecule has 0 amide bonds. The average molecular weight is 283 g/mol. The standard InChI is InChI=1S/C10H10ClF3N2O2/c1-5(4-10(12,13)14)15-8-6(9(17)18)2-3-7(11)16-8/h2-3,5H,4H2,1H3,(H,15,16)(H,17,18). The van der Waals surface area contributed by atoms with E-state index in [1.165, 1.54) is 19.1 Å². The zero-order chi connectivity index (χ0) is 13.9. The fourth-order valence-electron chi connectivity index (χ4n) is 1.35. The van der Waals surface area contributed by atoms with Crippen LogP contribution < -0.4 is 5.32 Å². The van der Waals surface area contributed by atoms with Gasteiger partial charge in [0.05, 0.1) is 6.42 Å². The van der Waals surface area contributed by atoms with Crippen molar-refractivity contribution in [3.63, 3.8) is 0 Å². The van der Waals surface area contributed by atoms with Crippen molar-refractivity contribution in [2.24, 2.45) is 0 Å². The van der Waals surface area contributed by atoms with E-state index in [0.717, 1.165) is 0 Å². The van der Waals surface area contributed by atoms with Crippen molar-refractivity contribution in [3.8, 4) is 0 Å². The predicted octanol–water partition coefficient (Wildman–Crippen LogP) is 3.19. The molecule has 0 radical (unpaired) electrons. The van der Waals surface area contributed by atoms with E-state index in [2.05, 4.69) is 10.3 Å². The van der Waals surface area contributed by atoms with Crippen molar-refractivity contribution in [2.45, 2.75) is 25.6 Å². The summed E-state index contributed by atoms with van der Waals surface area (Å²) in [5, 5.41) is 11.3. The number of carboxylic acid groups (broad SMARTS) is 1. The van der Waals surface area contributed by atoms with E-state index in [9.17, 15) is 18.0 Å². The molecule has 1 unspecified atom stereocenters. The molecule has 0 saturated heterocycles. The molecule has 100 valence electrons. The molecule has 18 heavy (non-hydrogen) atoms. The number of carboxylic acids is 1. The van der Waals surface area contributed by atoms with Crippen molar-refractivity contribution in [2.75, 3.05) is 5.32 Å². The number of hydrogen-bond donors (Lipinski definition) is 2. The van der Waals surface area contributed by atoms with Crippen LogP contribution in [0.2, 0.25) is 5.15 Å². The summed E-state index contributed by atoms with van der Waals surface area (Å²) in [6, 6.07) is 1.43. The topological polar surface area (TPSA) is 62.2 Å². The molecule has 1 aromatic heterocycles. The molecule has 0 aliphatic carbocycles. The number of halogens is 4. The molecule has 0 aromatic carbocycles. The molecule has 0 saturated carbocycles. The van der Waals surface area contributed by atoms with Crippen LogP contribution in [-0.2, 0) is 0 Å². The van der Waals surface area contributed by atoms with Gasteiger partial charge in [-0.25, -0.2) is 9.78 Å². The number of aromatic carboxylic acids is 1. The van der Waals surface area contributed by atoms with Crippen molar-refractivity contribution in [1.29, 1.82) is 0 Å². The van der Waals surface area contributed by atoms with E-state index in [4.69, 9.17) is 16.7 Å². The number of nitrogens with zero attached hydrogens (tertiary/aromatic N) is 1. The Morgan fingerprint density at radius 3 is 2.67 bits per heavy atom. The minimum atomic E-state index is -4.34. The minimum absolute atomic E-state index is 0.00158.